The maximum absolute atomic E-state index is 13.3. The van der Waals surface area contributed by atoms with Crippen LogP contribution in [-0.2, 0) is 14.4 Å². The van der Waals surface area contributed by atoms with Gasteiger partial charge in [-0.1, -0.05) is 45.3 Å². The third-order valence-corrected chi connectivity index (χ3v) is 5.99. The maximum atomic E-state index is 13.3. The number of nitrogens with one attached hydrogen (secondary N) is 3. The molecule has 1 rings (SSSR count). The summed E-state index contributed by atoms with van der Waals surface area (Å²) in [5.74, 6) is -0.527. The first-order valence-corrected chi connectivity index (χ1v) is 12.0. The fourth-order valence-electron chi connectivity index (χ4n) is 3.94. The normalized spacial score (nSPS) is 15.9. The number of rotatable bonds is 12. The van der Waals surface area contributed by atoms with E-state index >= 15 is 0 Å². The Morgan fingerprint density at radius 2 is 1.74 bits per heavy atom. The molecule has 1 fully saturated rings. The van der Waals surface area contributed by atoms with Crippen molar-refractivity contribution in [2.45, 2.75) is 85.9 Å². The summed E-state index contributed by atoms with van der Waals surface area (Å²) in [6, 6.07) is -2.97. The van der Waals surface area contributed by atoms with Gasteiger partial charge in [-0.3, -0.25) is 14.4 Å². The van der Waals surface area contributed by atoms with E-state index < -0.39 is 29.6 Å². The Morgan fingerprint density at radius 1 is 1.15 bits per heavy atom. The zero-order valence-electron chi connectivity index (χ0n) is 21.8. The van der Waals surface area contributed by atoms with Crippen molar-refractivity contribution in [3.05, 3.63) is 23.8 Å². The van der Waals surface area contributed by atoms with Crippen LogP contribution >= 0.6 is 0 Å². The molecule has 9 heteroatoms. The summed E-state index contributed by atoms with van der Waals surface area (Å²) in [5.41, 5.74) is 6.05. The molecule has 0 aromatic rings. The molecule has 0 radical (unpaired) electrons. The van der Waals surface area contributed by atoms with Gasteiger partial charge in [-0.2, -0.15) is 0 Å². The van der Waals surface area contributed by atoms with Gasteiger partial charge in [0, 0.05) is 18.7 Å². The number of carbonyl (C=O) groups excluding carboxylic acids is 4. The van der Waals surface area contributed by atoms with E-state index in [0.29, 0.717) is 24.5 Å². The molecule has 0 heterocycles. The van der Waals surface area contributed by atoms with E-state index in [1.165, 1.54) is 4.90 Å². The predicted molar refractivity (Wildman–Crippen MR) is 134 cm³/mol. The SMILES string of the molecule is C=CCNC(=O)C(=C(C)C)C(CC1CC1)NC(=O)[C@H](C)N(CC)C(=O)[C@@H](NC(N)=O)C(C)(C)C. The van der Waals surface area contributed by atoms with E-state index in [1.54, 1.807) is 19.9 Å². The summed E-state index contributed by atoms with van der Waals surface area (Å²) in [7, 11) is 0. The van der Waals surface area contributed by atoms with Crippen LogP contribution in [0.15, 0.2) is 23.8 Å². The molecule has 0 aromatic carbocycles. The van der Waals surface area contributed by atoms with Crippen molar-refractivity contribution < 1.29 is 19.2 Å². The van der Waals surface area contributed by atoms with Gasteiger partial charge in [-0.15, -0.1) is 6.58 Å². The Kier molecular flexibility index (Phi) is 10.8. The van der Waals surface area contributed by atoms with E-state index in [0.717, 1.165) is 18.4 Å². The molecule has 0 aromatic heterocycles. The molecule has 192 valence electrons. The molecule has 3 atom stereocenters. The number of carbonyl (C=O) groups is 4. The number of allylic oxidation sites excluding steroid dienone is 1. The highest BCUT2D eigenvalue weighted by atomic mass is 16.2. The highest BCUT2D eigenvalue weighted by Gasteiger charge is 2.39. The summed E-state index contributed by atoms with van der Waals surface area (Å²) >= 11 is 0. The minimum absolute atomic E-state index is 0.236. The number of hydrogen-bond donors (Lipinski definition) is 4. The van der Waals surface area contributed by atoms with Crippen molar-refractivity contribution in [3.8, 4) is 0 Å². The summed E-state index contributed by atoms with van der Waals surface area (Å²) in [4.78, 5) is 52.5. The fourth-order valence-corrected chi connectivity index (χ4v) is 3.94. The van der Waals surface area contributed by atoms with Crippen molar-refractivity contribution in [2.24, 2.45) is 17.1 Å². The number of hydrogen-bond acceptors (Lipinski definition) is 4. The molecule has 1 aliphatic carbocycles. The second-order valence-electron chi connectivity index (χ2n) is 10.3. The number of likely N-dealkylation sites (N-methyl/N-ethyl adjacent to an activating group) is 1. The van der Waals surface area contributed by atoms with E-state index in [9.17, 15) is 19.2 Å². The summed E-state index contributed by atoms with van der Waals surface area (Å²) in [6.07, 6.45) is 4.40. The van der Waals surface area contributed by atoms with Gasteiger partial charge < -0.3 is 26.6 Å². The Bertz CT molecular complexity index is 807. The number of amides is 5. The van der Waals surface area contributed by atoms with Crippen molar-refractivity contribution in [1.82, 2.24) is 20.9 Å². The summed E-state index contributed by atoms with van der Waals surface area (Å²) < 4.78 is 0. The second kappa shape index (κ2) is 12.6. The molecule has 1 saturated carbocycles. The van der Waals surface area contributed by atoms with E-state index in [2.05, 4.69) is 22.5 Å². The minimum atomic E-state index is -0.888. The van der Waals surface area contributed by atoms with Crippen molar-refractivity contribution in [1.29, 1.82) is 0 Å². The molecule has 0 saturated heterocycles. The second-order valence-corrected chi connectivity index (χ2v) is 10.3. The number of urea groups is 1. The molecule has 0 bridgehead atoms. The Hall–Kier alpha value is -2.84. The third kappa shape index (κ3) is 8.50. The minimum Gasteiger partial charge on any atom is -0.352 e. The van der Waals surface area contributed by atoms with Gasteiger partial charge in [0.05, 0.1) is 6.04 Å². The molecule has 5 N–H and O–H groups in total. The third-order valence-electron chi connectivity index (χ3n) is 5.99. The van der Waals surface area contributed by atoms with Crippen molar-refractivity contribution >= 4 is 23.8 Å². The average molecular weight is 478 g/mol. The van der Waals surface area contributed by atoms with Gasteiger partial charge >= 0.3 is 6.03 Å². The maximum Gasteiger partial charge on any atom is 0.312 e. The van der Waals surface area contributed by atoms with E-state index in [-0.39, 0.29) is 24.3 Å². The lowest BCUT2D eigenvalue weighted by Crippen LogP contribution is -2.60. The Labute approximate surface area is 204 Å². The van der Waals surface area contributed by atoms with Crippen LogP contribution in [0.5, 0.6) is 0 Å². The topological polar surface area (TPSA) is 134 Å². The van der Waals surface area contributed by atoms with Crippen molar-refractivity contribution in [2.75, 3.05) is 13.1 Å². The Balaban J connectivity index is 3.15. The largest absolute Gasteiger partial charge is 0.352 e. The highest BCUT2D eigenvalue weighted by molar-refractivity contribution is 5.97. The lowest BCUT2D eigenvalue weighted by atomic mass is 9.85. The summed E-state index contributed by atoms with van der Waals surface area (Å²) in [6.45, 7) is 16.8. The zero-order chi connectivity index (χ0) is 26.2. The molecule has 5 amide bonds. The first-order chi connectivity index (χ1) is 15.7. The highest BCUT2D eigenvalue weighted by Crippen LogP contribution is 2.35. The van der Waals surface area contributed by atoms with Crippen LogP contribution < -0.4 is 21.7 Å². The Morgan fingerprint density at radius 3 is 2.15 bits per heavy atom. The van der Waals surface area contributed by atoms with Gasteiger partial charge in [0.25, 0.3) is 0 Å². The summed E-state index contributed by atoms with van der Waals surface area (Å²) in [5, 5.41) is 8.35. The predicted octanol–water partition coefficient (Wildman–Crippen LogP) is 2.23. The lowest BCUT2D eigenvalue weighted by molar-refractivity contribution is -0.143. The standard InChI is InChI=1S/C25H43N5O4/c1-9-13-27-22(32)19(15(3)4)18(14-17-11-12-17)28-21(31)16(5)30(10-2)23(33)20(25(6,7)8)29-24(26)34/h9,16-18,20H,1,10-14H2,2-8H3,(H,27,32)(H,28,31)(H3,26,29,34)/t16-,18?,20+/m0/s1. The lowest BCUT2D eigenvalue weighted by Gasteiger charge is -2.37. The molecule has 1 unspecified atom stereocenters. The monoisotopic (exact) mass is 477 g/mol. The molecular weight excluding hydrogens is 434 g/mol. The van der Waals surface area contributed by atoms with Crippen LogP contribution in [0.4, 0.5) is 4.79 Å². The number of nitrogens with zero attached hydrogens (tertiary/aromatic N) is 1. The van der Waals surface area contributed by atoms with Crippen molar-refractivity contribution in [3.63, 3.8) is 0 Å². The van der Waals surface area contributed by atoms with Gasteiger partial charge in [-0.25, -0.2) is 4.79 Å². The van der Waals surface area contributed by atoms with Gasteiger partial charge in [0.15, 0.2) is 0 Å². The quantitative estimate of drug-likeness (QED) is 0.253. The average Bonchev–Trinajstić information content (AvgIpc) is 3.53. The zero-order valence-corrected chi connectivity index (χ0v) is 21.8. The van der Waals surface area contributed by atoms with Gasteiger partial charge in [0.1, 0.15) is 12.1 Å². The number of nitrogens with two attached hydrogens (primary N) is 1. The molecule has 9 nitrogen and oxygen atoms in total. The number of primary amides is 1. The molecular formula is C25H43N5O4. The van der Waals surface area contributed by atoms with Crippen LogP contribution in [0.25, 0.3) is 0 Å². The first-order valence-electron chi connectivity index (χ1n) is 12.0. The molecule has 34 heavy (non-hydrogen) atoms. The smallest absolute Gasteiger partial charge is 0.312 e. The van der Waals surface area contributed by atoms with Crippen LogP contribution in [-0.4, -0.2) is 59.9 Å². The fraction of sp³-hybridized carbons (Fsp3) is 0.680. The molecule has 1 aliphatic rings. The first kappa shape index (κ1) is 29.2. The van der Waals surface area contributed by atoms with Gasteiger partial charge in [-0.05, 0) is 45.4 Å². The molecule has 0 spiro atoms. The van der Waals surface area contributed by atoms with Crippen LogP contribution in [0.2, 0.25) is 0 Å². The van der Waals surface area contributed by atoms with Gasteiger partial charge in [0.2, 0.25) is 17.7 Å². The van der Waals surface area contributed by atoms with Crippen LogP contribution in [0.1, 0.15) is 67.7 Å². The van der Waals surface area contributed by atoms with E-state index in [1.807, 2.05) is 34.6 Å². The van der Waals surface area contributed by atoms with Crippen LogP contribution in [0, 0.1) is 11.3 Å². The van der Waals surface area contributed by atoms with E-state index in [4.69, 9.17) is 5.73 Å². The van der Waals surface area contributed by atoms with Crippen LogP contribution in [0.3, 0.4) is 0 Å². The molecule has 0 aliphatic heterocycles.